The molecule has 0 heterocycles. The minimum absolute atomic E-state index is 0.101. The van der Waals surface area contributed by atoms with Crippen LogP contribution < -0.4 is 0 Å². The number of aliphatic hydroxyl groups is 2. The first-order valence-corrected chi connectivity index (χ1v) is 9.76. The van der Waals surface area contributed by atoms with Crippen molar-refractivity contribution in [3.05, 3.63) is 0 Å². The van der Waals surface area contributed by atoms with Gasteiger partial charge in [-0.05, 0) is 0 Å². The second-order valence-electron chi connectivity index (χ2n) is 3.30. The number of alkyl halides is 2. The van der Waals surface area contributed by atoms with Crippen molar-refractivity contribution in [2.45, 2.75) is 10.6 Å². The number of hydrogen-bond donors (Lipinski definition) is 2. The lowest BCUT2D eigenvalue weighted by molar-refractivity contribution is 0.301. The van der Waals surface area contributed by atoms with E-state index in [4.69, 9.17) is 28.3 Å². The smallest absolute Gasteiger partial charge is 0.0558 e. The molecule has 0 aliphatic rings. The predicted octanol–water partition coefficient (Wildman–Crippen LogP) is 2.39. The van der Waals surface area contributed by atoms with E-state index in [1.807, 2.05) is 0 Å². The molecule has 0 fully saturated rings. The molecule has 2 N–H and O–H groups in total. The molecule has 0 bridgehead atoms. The number of thioether (sulfide) groups is 3. The van der Waals surface area contributed by atoms with Crippen LogP contribution in [0.15, 0.2) is 0 Å². The summed E-state index contributed by atoms with van der Waals surface area (Å²) < 4.78 is 0. The Morgan fingerprint density at radius 1 is 1.00 bits per heavy atom. The van der Waals surface area contributed by atoms with E-state index in [0.29, 0.717) is 5.88 Å². The van der Waals surface area contributed by atoms with Gasteiger partial charge >= 0.3 is 0 Å². The van der Waals surface area contributed by atoms with Crippen molar-refractivity contribution >= 4 is 58.5 Å². The molecule has 0 spiro atoms. The summed E-state index contributed by atoms with van der Waals surface area (Å²) in [6.45, 7) is 0.392. The first-order valence-electron chi connectivity index (χ1n) is 5.43. The molecule has 0 aliphatic heterocycles. The molecule has 2 nitrogen and oxygen atoms in total. The molecule has 0 saturated carbocycles. The quantitative estimate of drug-likeness (QED) is 0.422. The average molecular weight is 339 g/mol. The fourth-order valence-corrected chi connectivity index (χ4v) is 4.64. The summed E-state index contributed by atoms with van der Waals surface area (Å²) in [5, 5.41) is 18.2. The molecule has 17 heavy (non-hydrogen) atoms. The van der Waals surface area contributed by atoms with Crippen molar-refractivity contribution in [3.8, 4) is 0 Å². The number of hydrogen-bond acceptors (Lipinski definition) is 5. The predicted molar refractivity (Wildman–Crippen MR) is 85.4 cm³/mol. The summed E-state index contributed by atoms with van der Waals surface area (Å²) >= 11 is 16.9. The molecule has 2 unspecified atom stereocenters. The van der Waals surface area contributed by atoms with Gasteiger partial charge in [0.1, 0.15) is 0 Å². The molecule has 0 aromatic carbocycles. The van der Waals surface area contributed by atoms with E-state index in [0.717, 1.165) is 28.8 Å². The minimum Gasteiger partial charge on any atom is -0.396 e. The van der Waals surface area contributed by atoms with Crippen LogP contribution in [0.5, 0.6) is 0 Å². The highest BCUT2D eigenvalue weighted by Crippen LogP contribution is 2.20. The van der Waals surface area contributed by atoms with Crippen LogP contribution in [0.2, 0.25) is 0 Å². The zero-order chi connectivity index (χ0) is 12.9. The highest BCUT2D eigenvalue weighted by atomic mass is 35.5. The summed E-state index contributed by atoms with van der Waals surface area (Å²) in [4.78, 5) is 0. The molecule has 0 amide bonds. The Hall–Kier alpha value is 1.55. The molecule has 0 aromatic rings. The van der Waals surface area contributed by atoms with Gasteiger partial charge in [-0.3, -0.25) is 0 Å². The van der Waals surface area contributed by atoms with Gasteiger partial charge in [-0.15, -0.1) is 23.2 Å². The standard InChI is InChI=1S/C10H20Cl2O2S3/c11-1-3-15-8-10(5-14)17-7-9(12)6-16-4-2-13/h9-10,13-14H,1-8H2. The third kappa shape index (κ3) is 12.3. The highest BCUT2D eigenvalue weighted by Gasteiger charge is 2.12. The van der Waals surface area contributed by atoms with Crippen LogP contribution in [-0.2, 0) is 0 Å². The molecular weight excluding hydrogens is 319 g/mol. The normalized spacial score (nSPS) is 14.8. The van der Waals surface area contributed by atoms with Crippen molar-refractivity contribution in [2.24, 2.45) is 0 Å². The third-order valence-electron chi connectivity index (χ3n) is 1.78. The monoisotopic (exact) mass is 338 g/mol. The highest BCUT2D eigenvalue weighted by molar-refractivity contribution is 8.03. The Balaban J connectivity index is 3.52. The van der Waals surface area contributed by atoms with Crippen LogP contribution in [-0.4, -0.2) is 68.7 Å². The summed E-state index contributed by atoms with van der Waals surface area (Å²) in [5.41, 5.74) is 0. The zero-order valence-electron chi connectivity index (χ0n) is 9.69. The maximum Gasteiger partial charge on any atom is 0.0558 e. The van der Waals surface area contributed by atoms with E-state index in [-0.39, 0.29) is 23.8 Å². The van der Waals surface area contributed by atoms with E-state index in [2.05, 4.69) is 0 Å². The lowest BCUT2D eigenvalue weighted by Gasteiger charge is -2.15. The average Bonchev–Trinajstić information content (AvgIpc) is 2.34. The Labute approximate surface area is 127 Å². The molecule has 0 aliphatic carbocycles. The van der Waals surface area contributed by atoms with Crippen LogP contribution in [0.3, 0.4) is 0 Å². The van der Waals surface area contributed by atoms with Crippen LogP contribution in [0.25, 0.3) is 0 Å². The Kier molecular flexibility index (Phi) is 15.2. The third-order valence-corrected chi connectivity index (χ3v) is 6.70. The lowest BCUT2D eigenvalue weighted by atomic mass is 10.5. The molecule has 0 radical (unpaired) electrons. The molecule has 0 saturated heterocycles. The first-order chi connectivity index (χ1) is 8.24. The number of rotatable bonds is 12. The van der Waals surface area contributed by atoms with E-state index in [1.165, 1.54) is 0 Å². The molecule has 7 heteroatoms. The maximum absolute atomic E-state index is 9.20. The topological polar surface area (TPSA) is 40.5 Å². The van der Waals surface area contributed by atoms with Gasteiger partial charge in [0.2, 0.25) is 0 Å². The van der Waals surface area contributed by atoms with Crippen molar-refractivity contribution in [2.75, 3.05) is 47.9 Å². The largest absolute Gasteiger partial charge is 0.396 e. The zero-order valence-corrected chi connectivity index (χ0v) is 13.6. The van der Waals surface area contributed by atoms with Gasteiger partial charge in [-0.2, -0.15) is 35.3 Å². The van der Waals surface area contributed by atoms with Crippen molar-refractivity contribution in [1.29, 1.82) is 0 Å². The second kappa shape index (κ2) is 14.0. The summed E-state index contributed by atoms with van der Waals surface area (Å²) in [7, 11) is 0. The molecule has 2 atom stereocenters. The number of aliphatic hydroxyl groups excluding tert-OH is 2. The molecule has 0 rings (SSSR count). The van der Waals surface area contributed by atoms with Gasteiger partial charge < -0.3 is 10.2 Å². The SMILES string of the molecule is OCCSCC(Cl)CSC(CO)CSCCCl. The summed E-state index contributed by atoms with van der Waals surface area (Å²) in [6.07, 6.45) is 0. The van der Waals surface area contributed by atoms with Gasteiger partial charge in [0.25, 0.3) is 0 Å². The van der Waals surface area contributed by atoms with Crippen LogP contribution >= 0.6 is 58.5 Å². The van der Waals surface area contributed by atoms with E-state index in [1.54, 1.807) is 35.3 Å². The first kappa shape index (κ1) is 18.6. The van der Waals surface area contributed by atoms with E-state index in [9.17, 15) is 5.11 Å². The molecule has 0 aromatic heterocycles. The Morgan fingerprint density at radius 3 is 2.29 bits per heavy atom. The summed E-state index contributed by atoms with van der Waals surface area (Å²) in [6, 6.07) is 0. The van der Waals surface area contributed by atoms with Gasteiger partial charge in [0.15, 0.2) is 0 Å². The minimum atomic E-state index is 0.101. The van der Waals surface area contributed by atoms with Crippen molar-refractivity contribution < 1.29 is 10.2 Å². The Bertz CT molecular complexity index is 166. The van der Waals surface area contributed by atoms with Crippen molar-refractivity contribution in [1.82, 2.24) is 0 Å². The van der Waals surface area contributed by atoms with Gasteiger partial charge in [0, 0.05) is 39.9 Å². The van der Waals surface area contributed by atoms with Gasteiger partial charge in [0.05, 0.1) is 18.6 Å². The second-order valence-corrected chi connectivity index (χ2v) is 7.93. The fourth-order valence-electron chi connectivity index (χ4n) is 0.987. The molecule has 104 valence electrons. The van der Waals surface area contributed by atoms with Crippen LogP contribution in [0.1, 0.15) is 0 Å². The maximum atomic E-state index is 9.20. The number of halogens is 2. The van der Waals surface area contributed by atoms with Gasteiger partial charge in [-0.25, -0.2) is 0 Å². The van der Waals surface area contributed by atoms with Crippen LogP contribution in [0, 0.1) is 0 Å². The van der Waals surface area contributed by atoms with E-state index >= 15 is 0 Å². The van der Waals surface area contributed by atoms with Gasteiger partial charge in [-0.1, -0.05) is 0 Å². The van der Waals surface area contributed by atoms with Crippen LogP contribution in [0.4, 0.5) is 0 Å². The molecular formula is C10H20Cl2O2S3. The van der Waals surface area contributed by atoms with E-state index < -0.39 is 0 Å². The fraction of sp³-hybridized carbons (Fsp3) is 1.00. The lowest BCUT2D eigenvalue weighted by Crippen LogP contribution is -2.17. The Morgan fingerprint density at radius 2 is 1.71 bits per heavy atom. The van der Waals surface area contributed by atoms with Crippen molar-refractivity contribution in [3.63, 3.8) is 0 Å². The summed E-state index contributed by atoms with van der Waals surface area (Å²) in [5.74, 6) is 4.93.